The van der Waals surface area contributed by atoms with Gasteiger partial charge in [-0.1, -0.05) is 72.8 Å². The standard InChI is InChI=1S/C28H28FN3O/c1-20-26(31(2)3)28(33)32(18-17-21-11-6-4-7-12-21)27(30-20)24-16-10-15-23(25(24)29)19-22-13-8-5-9-14-22/h4-16H,17-19H2,1-3H3. The Morgan fingerprint density at radius 1 is 0.879 bits per heavy atom. The maximum Gasteiger partial charge on any atom is 0.277 e. The Bertz CT molecular complexity index is 1300. The molecule has 0 aliphatic heterocycles. The number of aryl methyl sites for hydroxylation is 2. The average molecular weight is 442 g/mol. The monoisotopic (exact) mass is 441 g/mol. The van der Waals surface area contributed by atoms with Crippen LogP contribution in [-0.2, 0) is 19.4 Å². The van der Waals surface area contributed by atoms with Gasteiger partial charge in [-0.25, -0.2) is 9.37 Å². The summed E-state index contributed by atoms with van der Waals surface area (Å²) in [6.45, 7) is 2.21. The van der Waals surface area contributed by atoms with Crippen LogP contribution in [0.25, 0.3) is 11.4 Å². The molecule has 0 aliphatic carbocycles. The predicted molar refractivity (Wildman–Crippen MR) is 132 cm³/mol. The molecule has 4 nitrogen and oxygen atoms in total. The summed E-state index contributed by atoms with van der Waals surface area (Å²) in [4.78, 5) is 20.0. The van der Waals surface area contributed by atoms with Crippen LogP contribution < -0.4 is 10.5 Å². The van der Waals surface area contributed by atoms with Crippen molar-refractivity contribution in [3.8, 4) is 11.4 Å². The predicted octanol–water partition coefficient (Wildman–Crippen LogP) is 5.26. The lowest BCUT2D eigenvalue weighted by atomic mass is 10.0. The largest absolute Gasteiger partial charge is 0.372 e. The van der Waals surface area contributed by atoms with Gasteiger partial charge in [0, 0.05) is 27.1 Å². The van der Waals surface area contributed by atoms with Crippen LogP contribution in [-0.4, -0.2) is 23.6 Å². The van der Waals surface area contributed by atoms with Gasteiger partial charge in [0.05, 0.1) is 11.3 Å². The number of hydrogen-bond donors (Lipinski definition) is 0. The first kappa shape index (κ1) is 22.5. The van der Waals surface area contributed by atoms with Crippen LogP contribution in [0.3, 0.4) is 0 Å². The highest BCUT2D eigenvalue weighted by atomic mass is 19.1. The minimum absolute atomic E-state index is 0.161. The Morgan fingerprint density at radius 3 is 2.15 bits per heavy atom. The molecule has 5 heteroatoms. The van der Waals surface area contributed by atoms with E-state index in [-0.39, 0.29) is 11.4 Å². The SMILES string of the molecule is Cc1nc(-c2cccc(Cc3ccccc3)c2F)n(CCc2ccccc2)c(=O)c1N(C)C. The Morgan fingerprint density at radius 2 is 1.52 bits per heavy atom. The fourth-order valence-corrected chi connectivity index (χ4v) is 4.17. The van der Waals surface area contributed by atoms with Crippen molar-refractivity contribution in [3.63, 3.8) is 0 Å². The first-order chi connectivity index (χ1) is 16.0. The molecule has 0 unspecified atom stereocenters. The molecule has 0 bridgehead atoms. The third-order valence-electron chi connectivity index (χ3n) is 5.79. The summed E-state index contributed by atoms with van der Waals surface area (Å²) in [5.74, 6) is 0.0326. The van der Waals surface area contributed by atoms with Crippen LogP contribution in [0.15, 0.2) is 83.7 Å². The zero-order chi connectivity index (χ0) is 23.4. The molecule has 4 rings (SSSR count). The summed E-state index contributed by atoms with van der Waals surface area (Å²) in [5.41, 5.74) is 4.02. The number of hydrogen-bond acceptors (Lipinski definition) is 3. The molecular weight excluding hydrogens is 413 g/mol. The van der Waals surface area contributed by atoms with Crippen molar-refractivity contribution in [1.82, 2.24) is 9.55 Å². The molecule has 0 saturated heterocycles. The van der Waals surface area contributed by atoms with E-state index in [1.165, 1.54) is 0 Å². The maximum atomic E-state index is 15.7. The van der Waals surface area contributed by atoms with Gasteiger partial charge >= 0.3 is 0 Å². The van der Waals surface area contributed by atoms with Crippen molar-refractivity contribution in [2.24, 2.45) is 0 Å². The Labute approximate surface area is 194 Å². The second kappa shape index (κ2) is 9.82. The highest BCUT2D eigenvalue weighted by Gasteiger charge is 2.20. The van der Waals surface area contributed by atoms with Gasteiger partial charge in [0.15, 0.2) is 0 Å². The maximum absolute atomic E-state index is 15.7. The Hall–Kier alpha value is -3.73. The second-order valence-electron chi connectivity index (χ2n) is 8.40. The zero-order valence-corrected chi connectivity index (χ0v) is 19.3. The lowest BCUT2D eigenvalue weighted by molar-refractivity contribution is 0.607. The van der Waals surface area contributed by atoms with Crippen molar-refractivity contribution >= 4 is 5.69 Å². The number of rotatable bonds is 7. The lowest BCUT2D eigenvalue weighted by Crippen LogP contribution is -2.31. The molecule has 0 aliphatic rings. The van der Waals surface area contributed by atoms with E-state index in [0.717, 1.165) is 11.1 Å². The van der Waals surface area contributed by atoms with Gasteiger partial charge in [-0.05, 0) is 36.1 Å². The van der Waals surface area contributed by atoms with Gasteiger partial charge in [0.2, 0.25) is 0 Å². The molecule has 3 aromatic carbocycles. The molecule has 1 aromatic heterocycles. The summed E-state index contributed by atoms with van der Waals surface area (Å²) in [7, 11) is 3.65. The third-order valence-corrected chi connectivity index (χ3v) is 5.79. The molecular formula is C28H28FN3O. The third kappa shape index (κ3) is 4.87. The molecule has 4 aromatic rings. The van der Waals surface area contributed by atoms with Crippen LogP contribution in [0.1, 0.15) is 22.4 Å². The molecule has 0 atom stereocenters. The number of benzene rings is 3. The lowest BCUT2D eigenvalue weighted by Gasteiger charge is -2.20. The Kier molecular flexibility index (Phi) is 6.68. The van der Waals surface area contributed by atoms with E-state index < -0.39 is 0 Å². The van der Waals surface area contributed by atoms with Gasteiger partial charge in [-0.15, -0.1) is 0 Å². The fourth-order valence-electron chi connectivity index (χ4n) is 4.17. The van der Waals surface area contributed by atoms with E-state index in [2.05, 4.69) is 0 Å². The van der Waals surface area contributed by atoms with E-state index in [4.69, 9.17) is 4.98 Å². The van der Waals surface area contributed by atoms with Crippen LogP contribution in [0.5, 0.6) is 0 Å². The molecule has 168 valence electrons. The van der Waals surface area contributed by atoms with Gasteiger partial charge in [-0.3, -0.25) is 9.36 Å². The van der Waals surface area contributed by atoms with E-state index in [0.29, 0.717) is 47.7 Å². The zero-order valence-electron chi connectivity index (χ0n) is 19.3. The highest BCUT2D eigenvalue weighted by molar-refractivity contribution is 5.61. The first-order valence-electron chi connectivity index (χ1n) is 11.1. The van der Waals surface area contributed by atoms with Crippen LogP contribution in [0, 0.1) is 12.7 Å². The van der Waals surface area contributed by atoms with Gasteiger partial charge in [0.25, 0.3) is 5.56 Å². The average Bonchev–Trinajstić information content (AvgIpc) is 2.81. The highest BCUT2D eigenvalue weighted by Crippen LogP contribution is 2.26. The summed E-state index contributed by atoms with van der Waals surface area (Å²) < 4.78 is 17.4. The topological polar surface area (TPSA) is 38.1 Å². The van der Waals surface area contributed by atoms with Crippen LogP contribution in [0.2, 0.25) is 0 Å². The summed E-state index contributed by atoms with van der Waals surface area (Å²) in [5, 5.41) is 0. The fraction of sp³-hybridized carbons (Fsp3) is 0.214. The molecule has 0 saturated carbocycles. The second-order valence-corrected chi connectivity index (χ2v) is 8.40. The normalized spacial score (nSPS) is 10.9. The summed E-state index contributed by atoms with van der Waals surface area (Å²) >= 11 is 0. The smallest absolute Gasteiger partial charge is 0.277 e. The molecule has 0 fully saturated rings. The van der Waals surface area contributed by atoms with Crippen molar-refractivity contribution < 1.29 is 4.39 Å². The van der Waals surface area contributed by atoms with E-state index in [1.807, 2.05) is 80.8 Å². The van der Waals surface area contributed by atoms with E-state index >= 15 is 4.39 Å². The first-order valence-corrected chi connectivity index (χ1v) is 11.1. The van der Waals surface area contributed by atoms with Gasteiger partial charge < -0.3 is 4.90 Å². The van der Waals surface area contributed by atoms with Crippen LogP contribution >= 0.6 is 0 Å². The molecule has 0 spiro atoms. The minimum Gasteiger partial charge on any atom is -0.372 e. The minimum atomic E-state index is -0.335. The molecule has 33 heavy (non-hydrogen) atoms. The van der Waals surface area contributed by atoms with Gasteiger partial charge in [-0.2, -0.15) is 0 Å². The van der Waals surface area contributed by atoms with Crippen molar-refractivity contribution in [2.75, 3.05) is 19.0 Å². The summed E-state index contributed by atoms with van der Waals surface area (Å²) in [6.07, 6.45) is 1.13. The Balaban J connectivity index is 1.81. The number of halogens is 1. The van der Waals surface area contributed by atoms with Crippen molar-refractivity contribution in [3.05, 3.63) is 117 Å². The van der Waals surface area contributed by atoms with Crippen molar-refractivity contribution in [1.29, 1.82) is 0 Å². The molecule has 0 amide bonds. The van der Waals surface area contributed by atoms with E-state index in [9.17, 15) is 4.79 Å². The molecule has 1 heterocycles. The molecule has 0 radical (unpaired) electrons. The van der Waals surface area contributed by atoms with Gasteiger partial charge in [0.1, 0.15) is 17.3 Å². The summed E-state index contributed by atoms with van der Waals surface area (Å²) in [6, 6.07) is 25.1. The number of aromatic nitrogens is 2. The number of anilines is 1. The van der Waals surface area contributed by atoms with E-state index in [1.54, 1.807) is 28.5 Å². The molecule has 0 N–H and O–H groups in total. The van der Waals surface area contributed by atoms with Crippen LogP contribution in [0.4, 0.5) is 10.1 Å². The quantitative estimate of drug-likeness (QED) is 0.393. The number of nitrogens with zero attached hydrogens (tertiary/aromatic N) is 3. The van der Waals surface area contributed by atoms with Crippen molar-refractivity contribution in [2.45, 2.75) is 26.3 Å².